The summed E-state index contributed by atoms with van der Waals surface area (Å²) in [5.41, 5.74) is 5.37. The fourth-order valence-electron chi connectivity index (χ4n) is 2.20. The van der Waals surface area contributed by atoms with Gasteiger partial charge in [-0.3, -0.25) is 9.78 Å². The Kier molecular flexibility index (Phi) is 4.99. The molecule has 0 bridgehead atoms. The second-order valence-corrected chi connectivity index (χ2v) is 5.46. The second-order valence-electron chi connectivity index (χ2n) is 5.02. The molecule has 0 radical (unpaired) electrons. The van der Waals surface area contributed by atoms with Gasteiger partial charge in [-0.1, -0.05) is 48.0 Å². The Hall–Kier alpha value is -2.98. The number of hydrazone groups is 1. The number of aromatic nitrogens is 1. The molecule has 0 saturated heterocycles. The van der Waals surface area contributed by atoms with Gasteiger partial charge in [-0.15, -0.1) is 0 Å². The number of carbonyl (C=O) groups excluding carboxylic acids is 1. The van der Waals surface area contributed by atoms with Crippen molar-refractivity contribution < 1.29 is 4.79 Å². The van der Waals surface area contributed by atoms with Gasteiger partial charge in [0.05, 0.1) is 5.71 Å². The molecular weight excluding hydrogens is 322 g/mol. The lowest BCUT2D eigenvalue weighted by Crippen LogP contribution is -2.20. The number of pyridine rings is 1. The summed E-state index contributed by atoms with van der Waals surface area (Å²) < 4.78 is 0. The third kappa shape index (κ3) is 3.86. The highest BCUT2D eigenvalue weighted by Gasteiger charge is 2.09. The molecule has 118 valence electrons. The molecule has 2 aromatic carbocycles. The molecule has 24 heavy (non-hydrogen) atoms. The smallest absolute Gasteiger partial charge is 0.267 e. The van der Waals surface area contributed by atoms with Crippen LogP contribution in [0.4, 0.5) is 0 Å². The van der Waals surface area contributed by atoms with E-state index in [2.05, 4.69) is 15.5 Å². The molecule has 1 amide bonds. The predicted octanol–water partition coefficient (Wildman–Crippen LogP) is 3.92. The molecule has 1 N–H and O–H groups in total. The summed E-state index contributed by atoms with van der Waals surface area (Å²) >= 11 is 5.92. The maximum Gasteiger partial charge on any atom is 0.271 e. The van der Waals surface area contributed by atoms with E-state index in [-0.39, 0.29) is 5.91 Å². The van der Waals surface area contributed by atoms with Gasteiger partial charge in [0.2, 0.25) is 0 Å². The quantitative estimate of drug-likeness (QED) is 0.580. The summed E-state index contributed by atoms with van der Waals surface area (Å²) in [6, 6.07) is 20.1. The molecule has 3 aromatic rings. The normalized spacial score (nSPS) is 11.1. The molecule has 3 rings (SSSR count). The SMILES string of the molecule is O=C(NN=C(c1ccccc1)c1cccnc1)c1cccc(Cl)c1. The van der Waals surface area contributed by atoms with Crippen molar-refractivity contribution in [3.8, 4) is 0 Å². The standard InChI is InChI=1S/C19H14ClN3O/c20-17-10-4-8-15(12-17)19(24)23-22-18(14-6-2-1-3-7-14)16-9-5-11-21-13-16/h1-13H,(H,23,24). The van der Waals surface area contributed by atoms with Crippen LogP contribution in [-0.4, -0.2) is 16.6 Å². The Bertz CT molecular complexity index is 823. The molecule has 0 aliphatic carbocycles. The second kappa shape index (κ2) is 7.53. The Labute approximate surface area is 144 Å². The monoisotopic (exact) mass is 335 g/mol. The fourth-order valence-corrected chi connectivity index (χ4v) is 2.39. The number of nitrogens with zero attached hydrogens (tertiary/aromatic N) is 2. The van der Waals surface area contributed by atoms with Crippen molar-refractivity contribution in [2.75, 3.05) is 0 Å². The van der Waals surface area contributed by atoms with Crippen LogP contribution >= 0.6 is 11.6 Å². The lowest BCUT2D eigenvalue weighted by Gasteiger charge is -2.07. The number of carbonyl (C=O) groups is 1. The third-order valence-corrected chi connectivity index (χ3v) is 3.57. The highest BCUT2D eigenvalue weighted by molar-refractivity contribution is 6.31. The average molecular weight is 336 g/mol. The molecule has 0 aliphatic rings. The van der Waals surface area contributed by atoms with E-state index in [0.717, 1.165) is 11.1 Å². The highest BCUT2D eigenvalue weighted by Crippen LogP contribution is 2.12. The summed E-state index contributed by atoms with van der Waals surface area (Å²) in [5, 5.41) is 4.81. The van der Waals surface area contributed by atoms with E-state index in [4.69, 9.17) is 11.6 Å². The molecule has 4 nitrogen and oxygen atoms in total. The number of hydrogen-bond acceptors (Lipinski definition) is 3. The van der Waals surface area contributed by atoms with Gasteiger partial charge in [0, 0.05) is 34.1 Å². The average Bonchev–Trinajstić information content (AvgIpc) is 2.63. The van der Waals surface area contributed by atoms with E-state index < -0.39 is 0 Å². The van der Waals surface area contributed by atoms with Crippen molar-refractivity contribution in [3.63, 3.8) is 0 Å². The molecule has 1 heterocycles. The number of halogens is 1. The Balaban J connectivity index is 1.91. The van der Waals surface area contributed by atoms with Crippen molar-refractivity contribution in [1.82, 2.24) is 10.4 Å². The number of hydrogen-bond donors (Lipinski definition) is 1. The molecule has 0 unspecified atom stereocenters. The maximum atomic E-state index is 12.3. The first-order valence-corrected chi connectivity index (χ1v) is 7.71. The molecule has 0 spiro atoms. The molecule has 5 heteroatoms. The summed E-state index contributed by atoms with van der Waals surface area (Å²) in [7, 11) is 0. The van der Waals surface area contributed by atoms with Gasteiger partial charge in [0.1, 0.15) is 0 Å². The van der Waals surface area contributed by atoms with Crippen LogP contribution in [0.25, 0.3) is 0 Å². The summed E-state index contributed by atoms with van der Waals surface area (Å²) in [5.74, 6) is -0.324. The molecular formula is C19H14ClN3O. The number of rotatable bonds is 4. The van der Waals surface area contributed by atoms with Crippen LogP contribution in [0.1, 0.15) is 21.5 Å². The van der Waals surface area contributed by atoms with Gasteiger partial charge in [0.15, 0.2) is 0 Å². The van der Waals surface area contributed by atoms with Crippen molar-refractivity contribution in [2.45, 2.75) is 0 Å². The number of amides is 1. The minimum Gasteiger partial charge on any atom is -0.267 e. The van der Waals surface area contributed by atoms with Gasteiger partial charge in [-0.2, -0.15) is 5.10 Å². The minimum atomic E-state index is -0.324. The van der Waals surface area contributed by atoms with E-state index in [1.807, 2.05) is 42.5 Å². The molecule has 0 fully saturated rings. The highest BCUT2D eigenvalue weighted by atomic mass is 35.5. The van der Waals surface area contributed by atoms with Crippen LogP contribution in [0.3, 0.4) is 0 Å². The maximum absolute atomic E-state index is 12.3. The first-order chi connectivity index (χ1) is 11.7. The molecule has 1 aromatic heterocycles. The summed E-state index contributed by atoms with van der Waals surface area (Å²) in [6.45, 7) is 0. The lowest BCUT2D eigenvalue weighted by molar-refractivity contribution is 0.0955. The van der Waals surface area contributed by atoms with Crippen molar-refractivity contribution in [1.29, 1.82) is 0 Å². The van der Waals surface area contributed by atoms with Gasteiger partial charge in [0.25, 0.3) is 5.91 Å². The van der Waals surface area contributed by atoms with Crippen molar-refractivity contribution >= 4 is 23.2 Å². The van der Waals surface area contributed by atoms with Gasteiger partial charge < -0.3 is 0 Å². The van der Waals surface area contributed by atoms with Crippen molar-refractivity contribution in [3.05, 3.63) is 101 Å². The first-order valence-electron chi connectivity index (χ1n) is 7.33. The molecule has 0 atom stereocenters. The zero-order chi connectivity index (χ0) is 16.8. The predicted molar refractivity (Wildman–Crippen MR) is 95.2 cm³/mol. The van der Waals surface area contributed by atoms with E-state index in [1.54, 1.807) is 36.7 Å². The van der Waals surface area contributed by atoms with Crippen LogP contribution < -0.4 is 5.43 Å². The van der Waals surface area contributed by atoms with Crippen LogP contribution in [0, 0.1) is 0 Å². The van der Waals surface area contributed by atoms with E-state index in [9.17, 15) is 4.79 Å². The van der Waals surface area contributed by atoms with Crippen LogP contribution in [0.15, 0.2) is 84.2 Å². The van der Waals surface area contributed by atoms with Gasteiger partial charge in [-0.05, 0) is 30.3 Å². The zero-order valence-corrected chi connectivity index (χ0v) is 13.4. The lowest BCUT2D eigenvalue weighted by atomic mass is 10.0. The largest absolute Gasteiger partial charge is 0.271 e. The summed E-state index contributed by atoms with van der Waals surface area (Å²) in [6.07, 6.45) is 3.40. The van der Waals surface area contributed by atoms with Crippen LogP contribution in [0.5, 0.6) is 0 Å². The third-order valence-electron chi connectivity index (χ3n) is 3.34. The Morgan fingerprint density at radius 1 is 0.917 bits per heavy atom. The van der Waals surface area contributed by atoms with E-state index in [1.165, 1.54) is 0 Å². The van der Waals surface area contributed by atoms with E-state index >= 15 is 0 Å². The number of benzene rings is 2. The van der Waals surface area contributed by atoms with Gasteiger partial charge >= 0.3 is 0 Å². The zero-order valence-electron chi connectivity index (χ0n) is 12.7. The first kappa shape index (κ1) is 15.9. The topological polar surface area (TPSA) is 54.4 Å². The molecule has 0 aliphatic heterocycles. The fraction of sp³-hybridized carbons (Fsp3) is 0. The summed E-state index contributed by atoms with van der Waals surface area (Å²) in [4.78, 5) is 16.4. The van der Waals surface area contributed by atoms with E-state index in [0.29, 0.717) is 16.3 Å². The van der Waals surface area contributed by atoms with Crippen LogP contribution in [-0.2, 0) is 0 Å². The minimum absolute atomic E-state index is 0.324. The van der Waals surface area contributed by atoms with Crippen molar-refractivity contribution in [2.24, 2.45) is 5.10 Å². The Morgan fingerprint density at radius 3 is 2.38 bits per heavy atom. The van der Waals surface area contributed by atoms with Gasteiger partial charge in [-0.25, -0.2) is 5.43 Å². The molecule has 0 saturated carbocycles. The number of nitrogens with one attached hydrogen (secondary N) is 1. The van der Waals surface area contributed by atoms with Crippen LogP contribution in [0.2, 0.25) is 5.02 Å². The Morgan fingerprint density at radius 2 is 1.67 bits per heavy atom.